The predicted molar refractivity (Wildman–Crippen MR) is 224 cm³/mol. The average molecular weight is 723 g/mol. The van der Waals surface area contributed by atoms with Gasteiger partial charge in [-0.05, 0) is 72.9 Å². The third-order valence-corrected chi connectivity index (χ3v) is 15.2. The minimum Gasteiger partial charge on any atom is -0.270 e. The Hall–Kier alpha value is -6.04. The van der Waals surface area contributed by atoms with Gasteiger partial charge in [0.15, 0.2) is 0 Å². The molecule has 1 aliphatic carbocycles. The van der Waals surface area contributed by atoms with Crippen molar-refractivity contribution in [1.29, 1.82) is 5.26 Å². The number of benzene rings is 8. The molecule has 0 aromatic heterocycles. The Bertz CT molecular complexity index is 2890. The van der Waals surface area contributed by atoms with E-state index in [1.807, 2.05) is 23.9 Å². The van der Waals surface area contributed by atoms with Crippen molar-refractivity contribution >= 4 is 41.2 Å². The minimum atomic E-state index is -0.736. The first-order chi connectivity index (χ1) is 26.8. The molecular weight excluding hydrogens is 692 g/mol. The van der Waals surface area contributed by atoms with Crippen molar-refractivity contribution in [3.63, 3.8) is 0 Å². The number of hydrogen-bond donors (Lipinski definition) is 0. The van der Waals surface area contributed by atoms with Crippen LogP contribution in [0.4, 0.5) is 0 Å². The highest BCUT2D eigenvalue weighted by molar-refractivity contribution is 7.99. The quantitative estimate of drug-likeness (QED) is 0.170. The second-order valence-electron chi connectivity index (χ2n) is 14.1. The highest BCUT2D eigenvalue weighted by atomic mass is 32.2. The summed E-state index contributed by atoms with van der Waals surface area (Å²) in [6.45, 7) is 0. The van der Waals surface area contributed by atoms with Crippen LogP contribution in [0.3, 0.4) is 0 Å². The van der Waals surface area contributed by atoms with E-state index in [0.29, 0.717) is 5.56 Å². The van der Waals surface area contributed by atoms with Crippen LogP contribution in [0.1, 0.15) is 44.7 Å². The molecule has 0 radical (unpaired) electrons. The molecule has 2 aliphatic heterocycles. The molecule has 4 heteroatoms. The van der Waals surface area contributed by atoms with Crippen LogP contribution in [0.2, 0.25) is 0 Å². The molecule has 3 atom stereocenters. The zero-order valence-corrected chi connectivity index (χ0v) is 30.9. The molecule has 8 aromatic rings. The van der Waals surface area contributed by atoms with Crippen LogP contribution in [0.15, 0.2) is 197 Å². The highest BCUT2D eigenvalue weighted by Gasteiger charge is 2.52. The van der Waals surface area contributed by atoms with Gasteiger partial charge in [-0.25, -0.2) is 0 Å². The van der Waals surface area contributed by atoms with Crippen molar-refractivity contribution < 1.29 is 0 Å². The van der Waals surface area contributed by atoms with Gasteiger partial charge in [0.1, 0.15) is 5.78 Å². The Balaban J connectivity index is 1.19. The van der Waals surface area contributed by atoms with Crippen molar-refractivity contribution in [2.45, 2.75) is 21.0 Å². The van der Waals surface area contributed by atoms with E-state index < -0.39 is 13.3 Å². The van der Waals surface area contributed by atoms with Crippen molar-refractivity contribution in [3.8, 4) is 28.3 Å². The van der Waals surface area contributed by atoms with Crippen molar-refractivity contribution in [2.75, 3.05) is 0 Å². The molecule has 3 aliphatic rings. The van der Waals surface area contributed by atoms with E-state index in [1.54, 1.807) is 0 Å². The van der Waals surface area contributed by atoms with Gasteiger partial charge in [0.05, 0.1) is 22.5 Å². The monoisotopic (exact) mass is 722 g/mol. The molecule has 54 heavy (non-hydrogen) atoms. The molecule has 0 fully saturated rings. The first-order valence-corrected chi connectivity index (χ1v) is 20.5. The smallest absolute Gasteiger partial charge is 0.105 e. The summed E-state index contributed by atoms with van der Waals surface area (Å²) in [4.78, 5) is 8.03. The number of hydrogen-bond acceptors (Lipinski definition) is 3. The topological polar surface area (TPSA) is 36.1 Å². The summed E-state index contributed by atoms with van der Waals surface area (Å²) in [5, 5.41) is 13.4. The van der Waals surface area contributed by atoms with Crippen molar-refractivity contribution in [3.05, 3.63) is 221 Å². The lowest BCUT2D eigenvalue weighted by molar-refractivity contribution is 0.723. The number of nitriles is 1. The van der Waals surface area contributed by atoms with Gasteiger partial charge >= 0.3 is 0 Å². The third-order valence-electron chi connectivity index (χ3n) is 11.4. The summed E-state index contributed by atoms with van der Waals surface area (Å²) in [6.07, 6.45) is 0. The SMILES string of the molecule is N#Cc1ccc(-c2cccc3c2Sc2ccccc2C32c3ccccc3-c3c(C4=NC(c5ccccc5)P4c4ccccc4)cccc32)c2ccccc12. The second-order valence-corrected chi connectivity index (χ2v) is 17.3. The highest BCUT2D eigenvalue weighted by Crippen LogP contribution is 2.67. The van der Waals surface area contributed by atoms with E-state index in [0.717, 1.165) is 16.3 Å². The van der Waals surface area contributed by atoms with Crippen LogP contribution in [0, 0.1) is 11.3 Å². The summed E-state index contributed by atoms with van der Waals surface area (Å²) < 4.78 is 0. The molecule has 3 unspecified atom stereocenters. The molecular formula is C50H31N2PS. The Morgan fingerprint density at radius 3 is 1.96 bits per heavy atom. The van der Waals surface area contributed by atoms with Crippen LogP contribution in [-0.2, 0) is 5.41 Å². The first kappa shape index (κ1) is 31.5. The van der Waals surface area contributed by atoms with E-state index in [1.165, 1.54) is 70.6 Å². The zero-order valence-electron chi connectivity index (χ0n) is 29.1. The molecule has 8 aromatic carbocycles. The summed E-state index contributed by atoms with van der Waals surface area (Å²) in [7, 11) is -0.736. The fraction of sp³-hybridized carbons (Fsp3) is 0.0400. The van der Waals surface area contributed by atoms with Crippen LogP contribution in [0.5, 0.6) is 0 Å². The fourth-order valence-corrected chi connectivity index (χ4v) is 13.0. The van der Waals surface area contributed by atoms with Gasteiger partial charge in [0.2, 0.25) is 0 Å². The van der Waals surface area contributed by atoms with E-state index in [9.17, 15) is 5.26 Å². The largest absolute Gasteiger partial charge is 0.270 e. The molecule has 0 saturated heterocycles. The molecule has 2 heterocycles. The van der Waals surface area contributed by atoms with Crippen LogP contribution in [0.25, 0.3) is 33.0 Å². The van der Waals surface area contributed by atoms with E-state index in [2.05, 4.69) is 176 Å². The van der Waals surface area contributed by atoms with Gasteiger partial charge in [-0.15, -0.1) is 0 Å². The lowest BCUT2D eigenvalue weighted by Crippen LogP contribution is -2.32. The summed E-state index contributed by atoms with van der Waals surface area (Å²) >= 11 is 1.87. The lowest BCUT2D eigenvalue weighted by atomic mass is 9.67. The Morgan fingerprint density at radius 2 is 1.15 bits per heavy atom. The van der Waals surface area contributed by atoms with Crippen LogP contribution in [-0.4, -0.2) is 5.45 Å². The summed E-state index contributed by atoms with van der Waals surface area (Å²) in [5.74, 6) is 0.123. The summed E-state index contributed by atoms with van der Waals surface area (Å²) in [6, 6.07) is 68.6. The molecule has 0 bridgehead atoms. The zero-order chi connectivity index (χ0) is 35.8. The number of aliphatic imine (C=N–C) groups is 1. The average Bonchev–Trinajstić information content (AvgIpc) is 3.52. The van der Waals surface area contributed by atoms with Gasteiger partial charge in [-0.1, -0.05) is 182 Å². The first-order valence-electron chi connectivity index (χ1n) is 18.3. The van der Waals surface area contributed by atoms with E-state index in [-0.39, 0.29) is 5.78 Å². The number of rotatable bonds is 4. The van der Waals surface area contributed by atoms with Gasteiger partial charge in [0, 0.05) is 28.7 Å². The Morgan fingerprint density at radius 1 is 0.519 bits per heavy atom. The van der Waals surface area contributed by atoms with Gasteiger partial charge in [-0.3, -0.25) is 4.99 Å². The maximum Gasteiger partial charge on any atom is 0.105 e. The molecule has 11 rings (SSSR count). The van der Waals surface area contributed by atoms with Gasteiger partial charge in [0.25, 0.3) is 0 Å². The molecule has 252 valence electrons. The van der Waals surface area contributed by atoms with Gasteiger partial charge in [-0.2, -0.15) is 5.26 Å². The maximum atomic E-state index is 10.00. The van der Waals surface area contributed by atoms with Crippen LogP contribution >= 0.6 is 19.7 Å². The van der Waals surface area contributed by atoms with Crippen molar-refractivity contribution in [2.24, 2.45) is 4.99 Å². The maximum absolute atomic E-state index is 10.00. The number of nitrogens with zero attached hydrogens (tertiary/aromatic N) is 2. The van der Waals surface area contributed by atoms with E-state index >= 15 is 0 Å². The summed E-state index contributed by atoms with van der Waals surface area (Å²) in [5.41, 5.74) is 14.0. The molecule has 0 saturated carbocycles. The number of fused-ring (bicyclic) bond motifs is 10. The Labute approximate surface area is 320 Å². The molecule has 2 nitrogen and oxygen atoms in total. The van der Waals surface area contributed by atoms with Crippen molar-refractivity contribution in [1.82, 2.24) is 0 Å². The molecule has 0 amide bonds. The van der Waals surface area contributed by atoms with Crippen LogP contribution < -0.4 is 5.30 Å². The molecule has 1 spiro atoms. The van der Waals surface area contributed by atoms with Gasteiger partial charge < -0.3 is 0 Å². The van der Waals surface area contributed by atoms with E-state index in [4.69, 9.17) is 4.99 Å². The minimum absolute atomic E-state index is 0.123. The third kappa shape index (κ3) is 4.36. The fourth-order valence-electron chi connectivity index (χ4n) is 9.20. The molecule has 0 N–H and O–H groups in total. The standard InChI is InChI=1S/C50H31N2PS/c51-31-33-29-30-37(36-20-8-7-19-35(33)36)38-22-13-27-44-47(38)54-45-28-12-11-25-42(45)50(44)41-24-10-9-21-39(41)46-40(23-14-26-43(46)50)49-52-48(32-15-3-1-4-16-32)53(49)34-17-5-2-6-18-34/h1-30,48H. The Kier molecular flexibility index (Phi) is 7.15. The normalized spacial score (nSPS) is 18.8. The lowest BCUT2D eigenvalue weighted by Gasteiger charge is -2.41. The second kappa shape index (κ2) is 12.3. The predicted octanol–water partition coefficient (Wildman–Crippen LogP) is 12.5.